The van der Waals surface area contributed by atoms with E-state index in [0.717, 1.165) is 5.57 Å². The number of ketones is 1. The lowest BCUT2D eigenvalue weighted by Gasteiger charge is -2.46. The van der Waals surface area contributed by atoms with Gasteiger partial charge in [-0.2, -0.15) is 0 Å². The van der Waals surface area contributed by atoms with Gasteiger partial charge in [0.25, 0.3) is 0 Å². The largest absolute Gasteiger partial charge is 0.479 e. The molecule has 9 N–H and O–H groups in total. The van der Waals surface area contributed by atoms with Crippen LogP contribution in [0.15, 0.2) is 11.6 Å². The van der Waals surface area contributed by atoms with Gasteiger partial charge in [0, 0.05) is 6.42 Å². The summed E-state index contributed by atoms with van der Waals surface area (Å²) in [5.74, 6) is -1.55. The number of hydrogen-bond donors (Lipinski definition) is 9. The number of carboxylic acid groups (broad SMARTS) is 1. The molecule has 0 radical (unpaired) electrons. The molecular formula is C31H50O17. The second kappa shape index (κ2) is 15.7. The number of aliphatic carboxylic acids is 1. The maximum atomic E-state index is 12.1. The number of hydrogen-bond acceptors (Lipinski definition) is 16. The van der Waals surface area contributed by atoms with E-state index in [4.69, 9.17) is 28.4 Å². The van der Waals surface area contributed by atoms with Crippen molar-refractivity contribution in [1.29, 1.82) is 0 Å². The van der Waals surface area contributed by atoms with Crippen LogP contribution in [-0.2, 0) is 38.0 Å². The molecule has 0 amide bonds. The lowest BCUT2D eigenvalue weighted by atomic mass is 9.66. The second-order valence-electron chi connectivity index (χ2n) is 14.0. The first kappa shape index (κ1) is 39.1. The molecule has 3 aliphatic heterocycles. The van der Waals surface area contributed by atoms with Crippen LogP contribution in [0.2, 0.25) is 0 Å². The van der Waals surface area contributed by atoms with Crippen LogP contribution in [-0.4, -0.2) is 163 Å². The van der Waals surface area contributed by atoms with Crippen LogP contribution >= 0.6 is 0 Å². The molecule has 0 aromatic heterocycles. The Kier molecular flexibility index (Phi) is 12.8. The van der Waals surface area contributed by atoms with Crippen LogP contribution in [0.25, 0.3) is 0 Å². The second-order valence-corrected chi connectivity index (χ2v) is 14.0. The molecule has 4 rings (SSSR count). The normalized spacial score (nSPS) is 45.8. The first-order chi connectivity index (χ1) is 22.3. The maximum Gasteiger partial charge on any atom is 0.335 e. The third-order valence-corrected chi connectivity index (χ3v) is 9.72. The zero-order chi connectivity index (χ0) is 35.8. The van der Waals surface area contributed by atoms with Crippen molar-refractivity contribution in [3.63, 3.8) is 0 Å². The fourth-order valence-electron chi connectivity index (χ4n) is 6.87. The molecule has 1 unspecified atom stereocenters. The topological polar surface area (TPSA) is 272 Å². The Balaban J connectivity index is 1.51. The molecule has 0 spiro atoms. The Hall–Kier alpha value is -1.68. The van der Waals surface area contributed by atoms with Gasteiger partial charge in [-0.05, 0) is 51.0 Å². The van der Waals surface area contributed by atoms with Crippen molar-refractivity contribution in [1.82, 2.24) is 0 Å². The van der Waals surface area contributed by atoms with Crippen LogP contribution < -0.4 is 0 Å². The van der Waals surface area contributed by atoms with Crippen molar-refractivity contribution in [2.45, 2.75) is 152 Å². The Bertz CT molecular complexity index is 1150. The minimum Gasteiger partial charge on any atom is -0.479 e. The van der Waals surface area contributed by atoms with Gasteiger partial charge in [0.2, 0.25) is 0 Å². The van der Waals surface area contributed by atoms with Gasteiger partial charge in [-0.25, -0.2) is 4.79 Å². The number of ether oxygens (including phenoxy) is 6. The van der Waals surface area contributed by atoms with E-state index < -0.39 is 111 Å². The lowest BCUT2D eigenvalue weighted by molar-refractivity contribution is -0.372. The molecular weight excluding hydrogens is 644 g/mol. The summed E-state index contributed by atoms with van der Waals surface area (Å²) in [6.45, 7) is 8.56. The highest BCUT2D eigenvalue weighted by atomic mass is 16.8. The van der Waals surface area contributed by atoms with Gasteiger partial charge in [-0.3, -0.25) is 4.79 Å². The summed E-state index contributed by atoms with van der Waals surface area (Å²) in [4.78, 5) is 23.8. The molecule has 3 fully saturated rings. The van der Waals surface area contributed by atoms with Gasteiger partial charge in [0.05, 0.1) is 18.8 Å². The third-order valence-electron chi connectivity index (χ3n) is 9.72. The quantitative estimate of drug-likeness (QED) is 0.106. The highest BCUT2D eigenvalue weighted by molar-refractivity contribution is 5.91. The van der Waals surface area contributed by atoms with Gasteiger partial charge in [-0.15, -0.1) is 0 Å². The van der Waals surface area contributed by atoms with E-state index in [1.165, 1.54) is 6.92 Å². The molecule has 276 valence electrons. The number of carboxylic acids is 1. The van der Waals surface area contributed by atoms with E-state index in [9.17, 15) is 55.5 Å². The number of allylic oxidation sites excluding steroid dienone is 2. The molecule has 17 atom stereocenters. The molecule has 0 bridgehead atoms. The Labute approximate surface area is 277 Å². The summed E-state index contributed by atoms with van der Waals surface area (Å²) < 4.78 is 34.1. The van der Waals surface area contributed by atoms with Gasteiger partial charge < -0.3 is 74.4 Å². The van der Waals surface area contributed by atoms with Crippen LogP contribution in [0.1, 0.15) is 53.9 Å². The van der Waals surface area contributed by atoms with Crippen LogP contribution in [0.5, 0.6) is 0 Å². The SMILES string of the molecule is CC1=CC(=O)CC(C)(C)[C@@H]1CCC(C)O[C@@H]1O[C@H](CO[C@@H]2O[C@@H](C)[C@H](O)[C@@H](O)[C@H]2O)[C@@H](O)[C@H](O)[C@H]1O[C@@H]1O[C@H](C(=O)O)[C@@H](O)[C@H](O)[C@H]1O. The number of rotatable bonds is 11. The molecule has 17 heteroatoms. The van der Waals surface area contributed by atoms with E-state index in [-0.39, 0.29) is 17.1 Å². The molecule has 17 nitrogen and oxygen atoms in total. The molecule has 1 aliphatic carbocycles. The van der Waals surface area contributed by atoms with Gasteiger partial charge >= 0.3 is 5.97 Å². The molecule has 0 saturated carbocycles. The minimum atomic E-state index is -2.00. The lowest BCUT2D eigenvalue weighted by Crippen LogP contribution is -2.65. The summed E-state index contributed by atoms with van der Waals surface area (Å²) in [5, 5.41) is 93.0. The van der Waals surface area contributed by atoms with E-state index in [2.05, 4.69) is 0 Å². The summed E-state index contributed by atoms with van der Waals surface area (Å²) in [7, 11) is 0. The smallest absolute Gasteiger partial charge is 0.335 e. The molecule has 4 aliphatic rings. The predicted molar refractivity (Wildman–Crippen MR) is 159 cm³/mol. The minimum absolute atomic E-state index is 0.0515. The van der Waals surface area contributed by atoms with E-state index >= 15 is 0 Å². The first-order valence-electron chi connectivity index (χ1n) is 16.1. The van der Waals surface area contributed by atoms with Gasteiger partial charge in [0.15, 0.2) is 30.8 Å². The molecule has 0 aromatic rings. The van der Waals surface area contributed by atoms with Crippen molar-refractivity contribution in [3.05, 3.63) is 11.6 Å². The van der Waals surface area contributed by atoms with Crippen LogP contribution in [0.3, 0.4) is 0 Å². The summed E-state index contributed by atoms with van der Waals surface area (Å²) in [6.07, 6.45) is -22.5. The predicted octanol–water partition coefficient (Wildman–Crippen LogP) is -2.70. The van der Waals surface area contributed by atoms with Crippen molar-refractivity contribution in [3.8, 4) is 0 Å². The zero-order valence-corrected chi connectivity index (χ0v) is 27.5. The number of carbonyl (C=O) groups is 2. The number of aliphatic hydroxyl groups is 8. The molecule has 0 aromatic carbocycles. The number of carbonyl (C=O) groups excluding carboxylic acids is 1. The summed E-state index contributed by atoms with van der Waals surface area (Å²) in [5.41, 5.74) is 0.629. The molecule has 3 heterocycles. The highest BCUT2D eigenvalue weighted by Crippen LogP contribution is 2.43. The van der Waals surface area contributed by atoms with Gasteiger partial charge in [-0.1, -0.05) is 19.4 Å². The van der Waals surface area contributed by atoms with Crippen LogP contribution in [0, 0.1) is 11.3 Å². The Morgan fingerprint density at radius 3 is 2.12 bits per heavy atom. The highest BCUT2D eigenvalue weighted by Gasteiger charge is 2.53. The van der Waals surface area contributed by atoms with E-state index in [1.807, 2.05) is 20.8 Å². The average molecular weight is 695 g/mol. The summed E-state index contributed by atoms with van der Waals surface area (Å²) >= 11 is 0. The van der Waals surface area contributed by atoms with Crippen LogP contribution in [0.4, 0.5) is 0 Å². The third kappa shape index (κ3) is 8.43. The van der Waals surface area contributed by atoms with Crippen molar-refractivity contribution in [2.75, 3.05) is 6.61 Å². The Morgan fingerprint density at radius 1 is 0.875 bits per heavy atom. The van der Waals surface area contributed by atoms with Crippen molar-refractivity contribution < 1.29 is 84.0 Å². The van der Waals surface area contributed by atoms with Gasteiger partial charge in [0.1, 0.15) is 61.0 Å². The Morgan fingerprint density at radius 2 is 1.50 bits per heavy atom. The van der Waals surface area contributed by atoms with Crippen molar-refractivity contribution >= 4 is 11.8 Å². The average Bonchev–Trinajstić information content (AvgIpc) is 2.99. The first-order valence-corrected chi connectivity index (χ1v) is 16.1. The fraction of sp³-hybridized carbons (Fsp3) is 0.871. The number of aliphatic hydroxyl groups excluding tert-OH is 8. The van der Waals surface area contributed by atoms with Crippen molar-refractivity contribution in [2.24, 2.45) is 11.3 Å². The molecule has 48 heavy (non-hydrogen) atoms. The zero-order valence-electron chi connectivity index (χ0n) is 27.5. The summed E-state index contributed by atoms with van der Waals surface area (Å²) in [6, 6.07) is 0. The fourth-order valence-corrected chi connectivity index (χ4v) is 6.87. The van der Waals surface area contributed by atoms with E-state index in [1.54, 1.807) is 13.0 Å². The van der Waals surface area contributed by atoms with E-state index in [0.29, 0.717) is 19.3 Å². The maximum absolute atomic E-state index is 12.1. The standard InChI is InChI=1S/C31H50O17/c1-11-8-14(32)9-31(4,5)15(11)7-6-12(2)44-30-26(48-29-24(40)20(36)22(38)25(47-29)27(41)42)21(37)18(34)16(46-30)10-43-28-23(39)19(35)17(33)13(3)45-28/h8,12-13,15-26,28-30,33-40H,6-7,9-10H2,1-5H3,(H,41,42)/t12?,13-,15+,16+,17-,18+,19+,20-,21-,22-,23+,24+,25-,26+,28+,29-,30+/m0/s1. The molecule has 3 saturated heterocycles. The monoisotopic (exact) mass is 694 g/mol.